The van der Waals surface area contributed by atoms with Crippen LogP contribution in [0.5, 0.6) is 0 Å². The summed E-state index contributed by atoms with van der Waals surface area (Å²) in [5, 5.41) is 5.64. The fourth-order valence-corrected chi connectivity index (χ4v) is 3.41. The zero-order valence-electron chi connectivity index (χ0n) is 12.5. The lowest BCUT2D eigenvalue weighted by molar-refractivity contribution is 0.587. The van der Waals surface area contributed by atoms with E-state index < -0.39 is 0 Å². The number of fused-ring (bicyclic) bond motifs is 1. The summed E-state index contributed by atoms with van der Waals surface area (Å²) in [5.41, 5.74) is 3.82. The molecular formula is C17H21N3S. The lowest BCUT2D eigenvalue weighted by Crippen LogP contribution is -2.18. The Balaban J connectivity index is 1.52. The van der Waals surface area contributed by atoms with Crippen LogP contribution in [0, 0.1) is 6.92 Å². The van der Waals surface area contributed by atoms with Crippen molar-refractivity contribution in [3.05, 3.63) is 58.9 Å². The van der Waals surface area contributed by atoms with Crippen molar-refractivity contribution in [2.45, 2.75) is 32.7 Å². The number of thiazole rings is 1. The molecule has 110 valence electrons. The van der Waals surface area contributed by atoms with E-state index in [0.717, 1.165) is 30.2 Å². The first-order chi connectivity index (χ1) is 10.3. The average molecular weight is 299 g/mol. The van der Waals surface area contributed by atoms with E-state index in [1.54, 1.807) is 11.3 Å². The van der Waals surface area contributed by atoms with Crippen molar-refractivity contribution in [3.63, 3.8) is 0 Å². The van der Waals surface area contributed by atoms with Crippen LogP contribution in [0.3, 0.4) is 0 Å². The van der Waals surface area contributed by atoms with Crippen molar-refractivity contribution in [2.75, 3.05) is 6.54 Å². The van der Waals surface area contributed by atoms with Gasteiger partial charge in [0, 0.05) is 18.1 Å². The van der Waals surface area contributed by atoms with E-state index in [4.69, 9.17) is 0 Å². The molecule has 0 radical (unpaired) electrons. The summed E-state index contributed by atoms with van der Waals surface area (Å²) >= 11 is 1.69. The molecule has 4 heteroatoms. The molecule has 3 rings (SSSR count). The minimum atomic E-state index is 0.589. The maximum Gasteiger partial charge on any atom is 0.194 e. The molecule has 1 N–H and O–H groups in total. The first-order valence-electron chi connectivity index (χ1n) is 7.42. The molecule has 1 unspecified atom stereocenters. The Labute approximate surface area is 129 Å². The average Bonchev–Trinajstić information content (AvgIpc) is 3.06. The molecule has 3 aromatic rings. The van der Waals surface area contributed by atoms with Crippen LogP contribution >= 0.6 is 11.3 Å². The molecule has 0 spiro atoms. The molecule has 0 saturated heterocycles. The van der Waals surface area contributed by atoms with Crippen LogP contribution in [0.15, 0.2) is 41.9 Å². The molecule has 0 saturated carbocycles. The number of aromatic nitrogens is 2. The fraction of sp³-hybridized carbons (Fsp3) is 0.353. The Morgan fingerprint density at radius 1 is 1.29 bits per heavy atom. The maximum absolute atomic E-state index is 4.58. The third-order valence-electron chi connectivity index (χ3n) is 3.98. The molecule has 21 heavy (non-hydrogen) atoms. The molecule has 1 aromatic carbocycles. The molecule has 0 aliphatic heterocycles. The first kappa shape index (κ1) is 14.3. The lowest BCUT2D eigenvalue weighted by Gasteiger charge is -2.12. The quantitative estimate of drug-likeness (QED) is 0.697. The Hall–Kier alpha value is -1.65. The van der Waals surface area contributed by atoms with Gasteiger partial charge in [0.05, 0.1) is 11.4 Å². The number of nitrogens with zero attached hydrogens (tertiary/aromatic N) is 2. The van der Waals surface area contributed by atoms with Crippen molar-refractivity contribution >= 4 is 16.3 Å². The summed E-state index contributed by atoms with van der Waals surface area (Å²) in [7, 11) is 0. The highest BCUT2D eigenvalue weighted by Gasteiger charge is 2.09. The Bertz CT molecular complexity index is 699. The van der Waals surface area contributed by atoms with E-state index in [2.05, 4.69) is 70.5 Å². The number of benzene rings is 1. The second kappa shape index (κ2) is 6.41. The molecule has 0 amide bonds. The van der Waals surface area contributed by atoms with Crippen LogP contribution in [0.25, 0.3) is 4.96 Å². The molecule has 0 bridgehead atoms. The van der Waals surface area contributed by atoms with Crippen molar-refractivity contribution in [1.82, 2.24) is 14.7 Å². The Morgan fingerprint density at radius 3 is 2.90 bits per heavy atom. The van der Waals surface area contributed by atoms with Crippen molar-refractivity contribution in [3.8, 4) is 0 Å². The zero-order chi connectivity index (χ0) is 14.7. The highest BCUT2D eigenvalue weighted by Crippen LogP contribution is 2.18. The van der Waals surface area contributed by atoms with E-state index in [-0.39, 0.29) is 0 Å². The van der Waals surface area contributed by atoms with Gasteiger partial charge in [0.1, 0.15) is 0 Å². The summed E-state index contributed by atoms with van der Waals surface area (Å²) in [6, 6.07) is 10.7. The summed E-state index contributed by atoms with van der Waals surface area (Å²) in [6.45, 7) is 6.28. The highest BCUT2D eigenvalue weighted by atomic mass is 32.1. The predicted molar refractivity (Wildman–Crippen MR) is 89.0 cm³/mol. The summed E-state index contributed by atoms with van der Waals surface area (Å²) < 4.78 is 2.19. The number of aryl methyl sites for hydroxylation is 1. The van der Waals surface area contributed by atoms with E-state index in [1.807, 2.05) is 0 Å². The second-order valence-electron chi connectivity index (χ2n) is 5.48. The summed E-state index contributed by atoms with van der Waals surface area (Å²) in [6.07, 6.45) is 3.25. The lowest BCUT2D eigenvalue weighted by atomic mass is 9.98. The smallest absolute Gasteiger partial charge is 0.194 e. The maximum atomic E-state index is 4.58. The third kappa shape index (κ3) is 3.17. The van der Waals surface area contributed by atoms with Crippen LogP contribution < -0.4 is 5.32 Å². The van der Waals surface area contributed by atoms with E-state index in [0.29, 0.717) is 5.92 Å². The molecule has 0 aliphatic carbocycles. The molecule has 0 fully saturated rings. The molecular weight excluding hydrogens is 278 g/mol. The van der Waals surface area contributed by atoms with Gasteiger partial charge in [-0.3, -0.25) is 4.40 Å². The van der Waals surface area contributed by atoms with Gasteiger partial charge in [0.15, 0.2) is 4.96 Å². The van der Waals surface area contributed by atoms with Crippen LogP contribution in [-0.4, -0.2) is 15.9 Å². The van der Waals surface area contributed by atoms with E-state index in [1.165, 1.54) is 11.3 Å². The monoisotopic (exact) mass is 299 g/mol. The van der Waals surface area contributed by atoms with Gasteiger partial charge < -0.3 is 5.32 Å². The molecule has 3 nitrogen and oxygen atoms in total. The highest BCUT2D eigenvalue weighted by molar-refractivity contribution is 7.15. The largest absolute Gasteiger partial charge is 0.311 e. The molecule has 0 aliphatic rings. The van der Waals surface area contributed by atoms with Gasteiger partial charge in [-0.15, -0.1) is 11.3 Å². The standard InChI is InChI=1S/C17H21N3S/c1-13(15-6-4-3-5-7-15)8-9-18-12-16-14(2)19-17-20(16)10-11-21-17/h3-7,10-11,13,18H,8-9,12H2,1-2H3. The third-order valence-corrected chi connectivity index (χ3v) is 4.73. The van der Waals surface area contributed by atoms with Crippen LogP contribution in [-0.2, 0) is 6.54 Å². The SMILES string of the molecule is Cc1nc2sccn2c1CNCCC(C)c1ccccc1. The minimum Gasteiger partial charge on any atom is -0.311 e. The van der Waals surface area contributed by atoms with Crippen molar-refractivity contribution in [2.24, 2.45) is 0 Å². The Morgan fingerprint density at radius 2 is 2.10 bits per heavy atom. The van der Waals surface area contributed by atoms with Gasteiger partial charge >= 0.3 is 0 Å². The fourth-order valence-electron chi connectivity index (χ4n) is 2.63. The van der Waals surface area contributed by atoms with Gasteiger partial charge in [-0.2, -0.15) is 0 Å². The van der Waals surface area contributed by atoms with Gasteiger partial charge in [0.25, 0.3) is 0 Å². The Kier molecular flexibility index (Phi) is 4.36. The zero-order valence-corrected chi connectivity index (χ0v) is 13.4. The normalized spacial score (nSPS) is 12.9. The van der Waals surface area contributed by atoms with Crippen LogP contribution in [0.2, 0.25) is 0 Å². The predicted octanol–water partition coefficient (Wildman–Crippen LogP) is 3.99. The second-order valence-corrected chi connectivity index (χ2v) is 6.35. The summed E-state index contributed by atoms with van der Waals surface area (Å²) in [4.78, 5) is 5.66. The van der Waals surface area contributed by atoms with E-state index >= 15 is 0 Å². The number of hydrogen-bond donors (Lipinski definition) is 1. The van der Waals surface area contributed by atoms with Crippen molar-refractivity contribution in [1.29, 1.82) is 0 Å². The van der Waals surface area contributed by atoms with Crippen molar-refractivity contribution < 1.29 is 0 Å². The molecule has 2 aromatic heterocycles. The number of hydrogen-bond acceptors (Lipinski definition) is 3. The molecule has 2 heterocycles. The van der Waals surface area contributed by atoms with Gasteiger partial charge in [0.2, 0.25) is 0 Å². The number of nitrogens with one attached hydrogen (secondary N) is 1. The topological polar surface area (TPSA) is 29.3 Å². The summed E-state index contributed by atoms with van der Waals surface area (Å²) in [5.74, 6) is 0.589. The number of rotatable bonds is 6. The van der Waals surface area contributed by atoms with Crippen LogP contribution in [0.4, 0.5) is 0 Å². The van der Waals surface area contributed by atoms with Gasteiger partial charge in [-0.1, -0.05) is 37.3 Å². The van der Waals surface area contributed by atoms with E-state index in [9.17, 15) is 0 Å². The van der Waals surface area contributed by atoms with Crippen LogP contribution in [0.1, 0.15) is 36.2 Å². The number of imidazole rings is 1. The van der Waals surface area contributed by atoms with Gasteiger partial charge in [-0.25, -0.2) is 4.98 Å². The minimum absolute atomic E-state index is 0.589. The first-order valence-corrected chi connectivity index (χ1v) is 8.30. The molecule has 1 atom stereocenters. The van der Waals surface area contributed by atoms with Gasteiger partial charge in [-0.05, 0) is 31.4 Å².